The molecule has 5 N–H and O–H groups in total. The lowest BCUT2D eigenvalue weighted by Crippen LogP contribution is -2.59. The molecule has 3 aromatic carbocycles. The number of hydrogen-bond donors (Lipinski definition) is 4. The maximum Gasteiger partial charge on any atom is 0.387 e. The minimum absolute atomic E-state index is 0.0131. The number of ether oxygens (including phenoxy) is 1. The third kappa shape index (κ3) is 9.60. The predicted octanol–water partition coefficient (Wildman–Crippen LogP) is 3.09. The number of benzene rings is 3. The fourth-order valence-corrected chi connectivity index (χ4v) is 4.71. The Balaban J connectivity index is 0.000000448. The molecular formula is C28H29ClF2N4O8S. The Kier molecular flexibility index (Phi) is 12.0. The zero-order chi connectivity index (χ0) is 32.4. The van der Waals surface area contributed by atoms with Gasteiger partial charge in [-0.15, -0.1) is 0 Å². The third-order valence-corrected chi connectivity index (χ3v) is 7.31. The standard InChI is InChI=1S/C22H23ClF2N4O5.C6H6O3S/c1-33-28-19(26)13-4-2-12(3-5-13)11-27-20(31)17-6-7-29(17)21(32)18(30)14-8-15(23)10-16(9-14)34-22(24)25;7-10(8,9)6-4-2-1-3-5-6/h2-5,8-10,17-18,22,30H,6-7,11H2,1H3,(H2,26,28)(H,27,31);1-5H,(H,7,8,9)/t17-,18+;/m0./s1. The van der Waals surface area contributed by atoms with E-state index < -0.39 is 34.8 Å². The van der Waals surface area contributed by atoms with Crippen LogP contribution in [0.15, 0.2) is 82.8 Å². The Morgan fingerprint density at radius 1 is 1.14 bits per heavy atom. The molecule has 1 heterocycles. The number of aliphatic hydroxyl groups excluding tert-OH is 1. The van der Waals surface area contributed by atoms with Crippen molar-refractivity contribution in [1.82, 2.24) is 10.2 Å². The highest BCUT2D eigenvalue weighted by molar-refractivity contribution is 7.85. The van der Waals surface area contributed by atoms with Crippen molar-refractivity contribution in [3.05, 3.63) is 94.5 Å². The van der Waals surface area contributed by atoms with Crippen molar-refractivity contribution in [2.24, 2.45) is 10.9 Å². The average Bonchev–Trinajstić information content (AvgIpc) is 2.95. The number of aliphatic hydroxyl groups is 1. The zero-order valence-electron chi connectivity index (χ0n) is 23.1. The normalized spacial score (nSPS) is 15.4. The number of amides is 2. The highest BCUT2D eigenvalue weighted by atomic mass is 35.5. The molecule has 1 aliphatic rings. The number of carbonyl (C=O) groups excluding carboxylic acids is 2. The van der Waals surface area contributed by atoms with Crippen LogP contribution in [0.4, 0.5) is 8.78 Å². The molecule has 44 heavy (non-hydrogen) atoms. The molecule has 1 fully saturated rings. The molecule has 3 aromatic rings. The van der Waals surface area contributed by atoms with Crippen molar-refractivity contribution in [3.8, 4) is 5.75 Å². The van der Waals surface area contributed by atoms with Crippen LogP contribution >= 0.6 is 11.6 Å². The Morgan fingerprint density at radius 2 is 1.80 bits per heavy atom. The summed E-state index contributed by atoms with van der Waals surface area (Å²) in [4.78, 5) is 31.1. The Morgan fingerprint density at radius 3 is 2.32 bits per heavy atom. The van der Waals surface area contributed by atoms with E-state index >= 15 is 0 Å². The fraction of sp³-hybridized carbons (Fsp3) is 0.250. The number of carbonyl (C=O) groups is 2. The van der Waals surface area contributed by atoms with Crippen LogP contribution < -0.4 is 15.8 Å². The summed E-state index contributed by atoms with van der Waals surface area (Å²) < 4.78 is 58.5. The molecule has 0 saturated carbocycles. The van der Waals surface area contributed by atoms with E-state index in [0.29, 0.717) is 12.0 Å². The first kappa shape index (κ1) is 34.2. The maximum atomic E-state index is 12.7. The molecule has 0 unspecified atom stereocenters. The van der Waals surface area contributed by atoms with Crippen molar-refractivity contribution < 1.29 is 46.0 Å². The van der Waals surface area contributed by atoms with Gasteiger partial charge in [-0.3, -0.25) is 14.1 Å². The molecule has 12 nitrogen and oxygen atoms in total. The van der Waals surface area contributed by atoms with Crippen LogP contribution in [0, 0.1) is 0 Å². The molecule has 16 heteroatoms. The van der Waals surface area contributed by atoms with Crippen molar-refractivity contribution in [2.75, 3.05) is 13.7 Å². The van der Waals surface area contributed by atoms with Crippen LogP contribution in [-0.4, -0.2) is 66.9 Å². The summed E-state index contributed by atoms with van der Waals surface area (Å²) in [6.07, 6.45) is -1.27. The summed E-state index contributed by atoms with van der Waals surface area (Å²) in [5.41, 5.74) is 7.18. The molecule has 2 amide bonds. The van der Waals surface area contributed by atoms with Gasteiger partial charge >= 0.3 is 6.61 Å². The van der Waals surface area contributed by atoms with Gasteiger partial charge < -0.3 is 30.6 Å². The number of halogens is 3. The molecule has 0 bridgehead atoms. The van der Waals surface area contributed by atoms with Gasteiger partial charge in [0.15, 0.2) is 11.9 Å². The lowest BCUT2D eigenvalue weighted by molar-refractivity contribution is -0.154. The molecule has 1 aliphatic heterocycles. The number of nitrogens with two attached hydrogens (primary N) is 1. The van der Waals surface area contributed by atoms with Gasteiger partial charge in [0.05, 0.1) is 4.90 Å². The van der Waals surface area contributed by atoms with Crippen LogP contribution in [0.2, 0.25) is 5.02 Å². The zero-order valence-corrected chi connectivity index (χ0v) is 24.7. The monoisotopic (exact) mass is 654 g/mol. The highest BCUT2D eigenvalue weighted by Crippen LogP contribution is 2.29. The van der Waals surface area contributed by atoms with Crippen LogP contribution in [0.5, 0.6) is 5.75 Å². The summed E-state index contributed by atoms with van der Waals surface area (Å²) in [5.74, 6) is -1.20. The summed E-state index contributed by atoms with van der Waals surface area (Å²) in [5, 5.41) is 16.9. The lowest BCUT2D eigenvalue weighted by atomic mass is 9.98. The average molecular weight is 655 g/mol. The number of amidine groups is 1. The molecule has 2 atom stereocenters. The van der Waals surface area contributed by atoms with Gasteiger partial charge in [0.1, 0.15) is 18.9 Å². The summed E-state index contributed by atoms with van der Waals surface area (Å²) in [7, 11) is -2.62. The van der Waals surface area contributed by atoms with Crippen LogP contribution in [0.3, 0.4) is 0 Å². The van der Waals surface area contributed by atoms with Crippen LogP contribution in [-0.2, 0) is 31.1 Å². The molecule has 0 aromatic heterocycles. The van der Waals surface area contributed by atoms with Gasteiger partial charge in [0, 0.05) is 23.7 Å². The molecule has 4 rings (SSSR count). The topological polar surface area (TPSA) is 181 Å². The number of alkyl halides is 2. The summed E-state index contributed by atoms with van der Waals surface area (Å²) in [6.45, 7) is -2.61. The van der Waals surface area contributed by atoms with E-state index in [-0.39, 0.29) is 46.1 Å². The van der Waals surface area contributed by atoms with Crippen molar-refractivity contribution in [3.63, 3.8) is 0 Å². The van der Waals surface area contributed by atoms with E-state index in [1.165, 1.54) is 30.2 Å². The first-order valence-corrected chi connectivity index (χ1v) is 14.6. The fourth-order valence-electron chi connectivity index (χ4n) is 3.98. The summed E-state index contributed by atoms with van der Waals surface area (Å²) >= 11 is 5.89. The van der Waals surface area contributed by atoms with Gasteiger partial charge in [-0.2, -0.15) is 17.2 Å². The first-order valence-electron chi connectivity index (χ1n) is 12.8. The van der Waals surface area contributed by atoms with Crippen molar-refractivity contribution in [2.45, 2.75) is 36.6 Å². The van der Waals surface area contributed by atoms with E-state index in [9.17, 15) is 31.9 Å². The Bertz CT molecular complexity index is 1580. The molecule has 1 saturated heterocycles. The van der Waals surface area contributed by atoms with Gasteiger partial charge in [-0.05, 0) is 47.9 Å². The van der Waals surface area contributed by atoms with E-state index in [2.05, 4.69) is 20.0 Å². The quantitative estimate of drug-likeness (QED) is 0.111. The SMILES string of the molecule is CO/N=C(\N)c1ccc(CNC(=O)[C@@H]2CCN2C(=O)[C@H](O)c2cc(Cl)cc(OC(F)F)c2)cc1.O=S(=O)(O)c1ccccc1. The smallest absolute Gasteiger partial charge is 0.387 e. The molecule has 0 radical (unpaired) electrons. The van der Waals surface area contributed by atoms with Gasteiger partial charge in [0.2, 0.25) is 5.91 Å². The second-order valence-electron chi connectivity index (χ2n) is 9.20. The van der Waals surface area contributed by atoms with Crippen LogP contribution in [0.1, 0.15) is 29.2 Å². The maximum absolute atomic E-state index is 12.7. The lowest BCUT2D eigenvalue weighted by Gasteiger charge is -2.40. The van der Waals surface area contributed by atoms with E-state index in [1.54, 1.807) is 42.5 Å². The molecule has 0 aliphatic carbocycles. The van der Waals surface area contributed by atoms with Gasteiger partial charge in [-0.25, -0.2) is 0 Å². The van der Waals surface area contributed by atoms with E-state index in [1.807, 2.05) is 0 Å². The summed E-state index contributed by atoms with van der Waals surface area (Å²) in [6, 6.07) is 17.2. The number of oxime groups is 1. The Hall–Kier alpha value is -4.31. The predicted molar refractivity (Wildman–Crippen MR) is 155 cm³/mol. The van der Waals surface area contributed by atoms with Crippen LogP contribution in [0.25, 0.3) is 0 Å². The minimum atomic E-state index is -4.00. The largest absolute Gasteiger partial charge is 0.435 e. The molecule has 0 spiro atoms. The number of rotatable bonds is 10. The first-order chi connectivity index (χ1) is 20.8. The number of hydrogen-bond acceptors (Lipinski definition) is 8. The molecular weight excluding hydrogens is 626 g/mol. The van der Waals surface area contributed by atoms with E-state index in [0.717, 1.165) is 17.7 Å². The minimum Gasteiger partial charge on any atom is -0.435 e. The second kappa shape index (κ2) is 15.4. The van der Waals surface area contributed by atoms with Crippen molar-refractivity contribution in [1.29, 1.82) is 0 Å². The number of nitrogens with one attached hydrogen (secondary N) is 1. The molecule has 236 valence electrons. The van der Waals surface area contributed by atoms with Gasteiger partial charge in [0.25, 0.3) is 16.0 Å². The number of nitrogens with zero attached hydrogens (tertiary/aromatic N) is 2. The second-order valence-corrected chi connectivity index (χ2v) is 11.1. The third-order valence-electron chi connectivity index (χ3n) is 6.22. The van der Waals surface area contributed by atoms with Gasteiger partial charge in [-0.1, -0.05) is 59.2 Å². The Labute approximate surface area is 256 Å². The van der Waals surface area contributed by atoms with Crippen molar-refractivity contribution >= 4 is 39.4 Å². The number of likely N-dealkylation sites (tertiary alicyclic amines) is 1. The highest BCUT2D eigenvalue weighted by Gasteiger charge is 2.40. The van der Waals surface area contributed by atoms with E-state index in [4.69, 9.17) is 21.9 Å².